The van der Waals surface area contributed by atoms with Gasteiger partial charge in [-0.3, -0.25) is 4.57 Å². The van der Waals surface area contributed by atoms with Crippen LogP contribution in [0.25, 0.3) is 22.4 Å². The van der Waals surface area contributed by atoms with Crippen LogP contribution in [0.2, 0.25) is 0 Å². The highest BCUT2D eigenvalue weighted by atomic mass is 16.4. The van der Waals surface area contributed by atoms with Gasteiger partial charge < -0.3 is 8.98 Å². The molecule has 0 atom stereocenters. The fraction of sp³-hybridized carbons (Fsp3) is 0.214. The van der Waals surface area contributed by atoms with Gasteiger partial charge in [0.05, 0.1) is 11.2 Å². The Kier molecular flexibility index (Phi) is 2.51. The fourth-order valence-electron chi connectivity index (χ4n) is 2.30. The molecule has 0 aliphatic carbocycles. The second-order valence-corrected chi connectivity index (χ2v) is 4.64. The van der Waals surface area contributed by atoms with Crippen LogP contribution in [0, 0.1) is 18.3 Å². The molecule has 100 valence electrons. The number of fused-ring (bicyclic) bond motifs is 1. The summed E-state index contributed by atoms with van der Waals surface area (Å²) in [5.74, 6) is 0.352. The molecule has 0 fully saturated rings. The number of hydrogen-bond donors (Lipinski definition) is 0. The molecular formula is C14H12N4O2. The van der Waals surface area contributed by atoms with Gasteiger partial charge in [-0.15, -0.1) is 0 Å². The highest BCUT2D eigenvalue weighted by Crippen LogP contribution is 2.27. The van der Waals surface area contributed by atoms with Gasteiger partial charge in [-0.1, -0.05) is 6.07 Å². The van der Waals surface area contributed by atoms with Gasteiger partial charge in [0.1, 0.15) is 11.9 Å². The molecule has 0 amide bonds. The number of aryl methyl sites for hydroxylation is 2. The molecular weight excluding hydrogens is 256 g/mol. The van der Waals surface area contributed by atoms with Gasteiger partial charge >= 0.3 is 5.76 Å². The molecule has 0 saturated carbocycles. The van der Waals surface area contributed by atoms with Gasteiger partial charge in [0.15, 0.2) is 11.3 Å². The van der Waals surface area contributed by atoms with E-state index in [2.05, 4.69) is 11.1 Å². The predicted molar refractivity (Wildman–Crippen MR) is 73.1 cm³/mol. The van der Waals surface area contributed by atoms with E-state index in [4.69, 9.17) is 4.42 Å². The summed E-state index contributed by atoms with van der Waals surface area (Å²) in [5, 5.41) is 9.18. The number of nitriles is 1. The summed E-state index contributed by atoms with van der Waals surface area (Å²) in [6.45, 7) is 1.84. The standard InChI is InChI=1S/C14H12N4O2/c1-8-16-10(7-15)13(17(8)2)9-4-5-11-12(6-9)20-14(19)18(11)3/h4-6H,1-3H3. The maximum Gasteiger partial charge on any atom is 0.419 e. The van der Waals surface area contributed by atoms with E-state index in [0.29, 0.717) is 11.3 Å². The summed E-state index contributed by atoms with van der Waals surface area (Å²) in [5.41, 5.74) is 3.10. The van der Waals surface area contributed by atoms with Gasteiger partial charge in [-0.05, 0) is 19.1 Å². The molecule has 3 rings (SSSR count). The van der Waals surface area contributed by atoms with Crippen LogP contribution in [0.4, 0.5) is 0 Å². The van der Waals surface area contributed by atoms with Crippen molar-refractivity contribution in [2.75, 3.05) is 0 Å². The first-order chi connectivity index (χ1) is 9.52. The van der Waals surface area contributed by atoms with Crippen molar-refractivity contribution in [3.63, 3.8) is 0 Å². The zero-order valence-electron chi connectivity index (χ0n) is 11.3. The summed E-state index contributed by atoms with van der Waals surface area (Å²) in [6, 6.07) is 7.51. The second-order valence-electron chi connectivity index (χ2n) is 4.64. The summed E-state index contributed by atoms with van der Waals surface area (Å²) in [6.07, 6.45) is 0. The van der Waals surface area contributed by atoms with Crippen LogP contribution in [-0.2, 0) is 14.1 Å². The maximum absolute atomic E-state index is 11.5. The Morgan fingerprint density at radius 1 is 1.30 bits per heavy atom. The van der Waals surface area contributed by atoms with E-state index in [0.717, 1.165) is 22.6 Å². The normalized spacial score (nSPS) is 10.9. The first kappa shape index (κ1) is 12.2. The van der Waals surface area contributed by atoms with Crippen molar-refractivity contribution in [2.45, 2.75) is 6.92 Å². The number of aromatic nitrogens is 3. The molecule has 0 bridgehead atoms. The third kappa shape index (κ3) is 1.57. The van der Waals surface area contributed by atoms with Crippen molar-refractivity contribution >= 4 is 11.1 Å². The van der Waals surface area contributed by atoms with Crippen LogP contribution in [0.3, 0.4) is 0 Å². The van der Waals surface area contributed by atoms with Crippen molar-refractivity contribution in [3.05, 3.63) is 40.3 Å². The third-order valence-corrected chi connectivity index (χ3v) is 3.49. The monoisotopic (exact) mass is 268 g/mol. The zero-order valence-corrected chi connectivity index (χ0v) is 11.3. The van der Waals surface area contributed by atoms with Crippen LogP contribution < -0.4 is 5.76 Å². The Morgan fingerprint density at radius 3 is 2.75 bits per heavy atom. The van der Waals surface area contributed by atoms with Gasteiger partial charge in [-0.25, -0.2) is 9.78 Å². The Bertz CT molecular complexity index is 921. The second kappa shape index (κ2) is 4.10. The Labute approximate surface area is 114 Å². The molecule has 3 aromatic rings. The molecule has 0 radical (unpaired) electrons. The first-order valence-corrected chi connectivity index (χ1v) is 6.06. The molecule has 0 aliphatic rings. The van der Waals surface area contributed by atoms with Crippen LogP contribution >= 0.6 is 0 Å². The summed E-state index contributed by atoms with van der Waals surface area (Å²) < 4.78 is 8.47. The van der Waals surface area contributed by atoms with Crippen molar-refractivity contribution in [1.29, 1.82) is 5.26 Å². The van der Waals surface area contributed by atoms with E-state index in [9.17, 15) is 10.1 Å². The smallest absolute Gasteiger partial charge is 0.408 e. The number of hydrogen-bond acceptors (Lipinski definition) is 4. The zero-order chi connectivity index (χ0) is 14.4. The fourth-order valence-corrected chi connectivity index (χ4v) is 2.30. The van der Waals surface area contributed by atoms with Crippen molar-refractivity contribution < 1.29 is 4.42 Å². The molecule has 0 spiro atoms. The lowest BCUT2D eigenvalue weighted by molar-refractivity contribution is 0.528. The lowest BCUT2D eigenvalue weighted by Gasteiger charge is -2.04. The molecule has 20 heavy (non-hydrogen) atoms. The Balaban J connectivity index is 2.31. The number of oxazole rings is 1. The molecule has 2 aromatic heterocycles. The molecule has 0 unspecified atom stereocenters. The van der Waals surface area contributed by atoms with E-state index < -0.39 is 5.76 Å². The van der Waals surface area contributed by atoms with E-state index >= 15 is 0 Å². The first-order valence-electron chi connectivity index (χ1n) is 6.06. The highest BCUT2D eigenvalue weighted by molar-refractivity contribution is 5.80. The van der Waals surface area contributed by atoms with Crippen molar-refractivity contribution in [1.82, 2.24) is 14.1 Å². The maximum atomic E-state index is 11.5. The number of rotatable bonds is 1. The minimum Gasteiger partial charge on any atom is -0.408 e. The van der Waals surface area contributed by atoms with Gasteiger partial charge in [-0.2, -0.15) is 5.26 Å². The Morgan fingerprint density at radius 2 is 2.05 bits per heavy atom. The van der Waals surface area contributed by atoms with E-state index in [1.807, 2.05) is 24.6 Å². The molecule has 0 N–H and O–H groups in total. The molecule has 6 heteroatoms. The van der Waals surface area contributed by atoms with Crippen LogP contribution in [0.1, 0.15) is 11.5 Å². The predicted octanol–water partition coefficient (Wildman–Crippen LogP) is 1.71. The van der Waals surface area contributed by atoms with Gasteiger partial charge in [0.2, 0.25) is 0 Å². The lowest BCUT2D eigenvalue weighted by Crippen LogP contribution is -2.08. The molecule has 0 aliphatic heterocycles. The lowest BCUT2D eigenvalue weighted by atomic mass is 10.1. The largest absolute Gasteiger partial charge is 0.419 e. The SMILES string of the molecule is Cc1nc(C#N)c(-c2ccc3c(c2)oc(=O)n3C)n1C. The van der Waals surface area contributed by atoms with E-state index in [1.54, 1.807) is 19.2 Å². The van der Waals surface area contributed by atoms with Crippen molar-refractivity contribution in [3.8, 4) is 17.3 Å². The van der Waals surface area contributed by atoms with E-state index in [1.165, 1.54) is 4.57 Å². The quantitative estimate of drug-likeness (QED) is 0.673. The number of nitrogens with zero attached hydrogens (tertiary/aromatic N) is 4. The average molecular weight is 268 g/mol. The summed E-state index contributed by atoms with van der Waals surface area (Å²) in [7, 11) is 3.51. The minimum absolute atomic E-state index is 0.364. The molecule has 1 aromatic carbocycles. The van der Waals surface area contributed by atoms with Crippen LogP contribution in [0.15, 0.2) is 27.4 Å². The van der Waals surface area contributed by atoms with E-state index in [-0.39, 0.29) is 0 Å². The topological polar surface area (TPSA) is 76.8 Å². The van der Waals surface area contributed by atoms with Gasteiger partial charge in [0.25, 0.3) is 0 Å². The highest BCUT2D eigenvalue weighted by Gasteiger charge is 2.15. The van der Waals surface area contributed by atoms with Gasteiger partial charge in [0, 0.05) is 19.7 Å². The molecule has 0 saturated heterocycles. The number of benzene rings is 1. The minimum atomic E-state index is -0.404. The molecule has 2 heterocycles. The number of imidazole rings is 1. The average Bonchev–Trinajstić information content (AvgIpc) is 2.88. The van der Waals surface area contributed by atoms with Crippen LogP contribution in [-0.4, -0.2) is 14.1 Å². The Hall–Kier alpha value is -2.81. The van der Waals surface area contributed by atoms with Crippen LogP contribution in [0.5, 0.6) is 0 Å². The summed E-state index contributed by atoms with van der Waals surface area (Å²) >= 11 is 0. The summed E-state index contributed by atoms with van der Waals surface area (Å²) in [4.78, 5) is 15.7. The third-order valence-electron chi connectivity index (χ3n) is 3.49. The van der Waals surface area contributed by atoms with Crippen molar-refractivity contribution in [2.24, 2.45) is 14.1 Å². The molecule has 6 nitrogen and oxygen atoms in total.